The Balaban J connectivity index is 1.70. The van der Waals surface area contributed by atoms with Gasteiger partial charge in [-0.2, -0.15) is 8.78 Å². The summed E-state index contributed by atoms with van der Waals surface area (Å²) in [7, 11) is 0. The van der Waals surface area contributed by atoms with Gasteiger partial charge in [0, 0.05) is 10.6 Å². The predicted molar refractivity (Wildman–Crippen MR) is 75.3 cm³/mol. The highest BCUT2D eigenvalue weighted by molar-refractivity contribution is 5.79. The Morgan fingerprint density at radius 1 is 1.35 bits per heavy atom. The molecule has 2 saturated heterocycles. The Kier molecular flexibility index (Phi) is 4.33. The quantitative estimate of drug-likeness (QED) is 0.902. The Hall–Kier alpha value is -1.60. The monoisotopic (exact) mass is 329 g/mol. The highest BCUT2D eigenvalue weighted by Crippen LogP contribution is 2.46. The van der Waals surface area contributed by atoms with E-state index in [9.17, 15) is 18.1 Å². The van der Waals surface area contributed by atoms with Gasteiger partial charge in [-0.15, -0.1) is 0 Å². The molecule has 23 heavy (non-hydrogen) atoms. The molecule has 0 amide bonds. The van der Waals surface area contributed by atoms with Crippen molar-refractivity contribution >= 4 is 5.97 Å². The summed E-state index contributed by atoms with van der Waals surface area (Å²) in [6.07, 6.45) is 0.710. The number of benzene rings is 1. The first-order valence-corrected chi connectivity index (χ1v) is 7.61. The molecule has 1 N–H and O–H groups in total. The van der Waals surface area contributed by atoms with E-state index >= 15 is 0 Å². The van der Waals surface area contributed by atoms with E-state index in [2.05, 4.69) is 10.3 Å². The lowest BCUT2D eigenvalue weighted by molar-refractivity contribution is -0.225. The molecule has 4 nitrogen and oxygen atoms in total. The first kappa shape index (κ1) is 16.3. The highest BCUT2D eigenvalue weighted by atomic mass is 19.3. The van der Waals surface area contributed by atoms with E-state index in [-0.39, 0.29) is 18.9 Å². The normalized spacial score (nSPS) is 30.2. The summed E-state index contributed by atoms with van der Waals surface area (Å²) in [6.45, 7) is 0.313. The first-order chi connectivity index (χ1) is 11.0. The van der Waals surface area contributed by atoms with Crippen LogP contribution in [0.5, 0.6) is 0 Å². The second-order valence-corrected chi connectivity index (χ2v) is 6.26. The Morgan fingerprint density at radius 2 is 2.09 bits per heavy atom. The number of rotatable bonds is 5. The standard InChI is InChI=1S/C16H18F3NO3/c17-16(18,14(21)23-19)15-7-6-12(20-15)8-13(9-15)22-10-11-4-2-1-3-5-11/h1-5,12-13,20H,6-10H2. The van der Waals surface area contributed by atoms with Crippen molar-refractivity contribution in [2.75, 3.05) is 0 Å². The summed E-state index contributed by atoms with van der Waals surface area (Å²) in [4.78, 5) is 14.0. The molecule has 0 radical (unpaired) electrons. The number of halogens is 3. The van der Waals surface area contributed by atoms with Crippen LogP contribution in [0, 0.1) is 0 Å². The molecule has 1 aromatic rings. The van der Waals surface area contributed by atoms with Gasteiger partial charge in [-0.1, -0.05) is 30.3 Å². The van der Waals surface area contributed by atoms with E-state index in [0.717, 1.165) is 5.56 Å². The average Bonchev–Trinajstić information content (AvgIpc) is 2.89. The minimum Gasteiger partial charge on any atom is -0.373 e. The van der Waals surface area contributed by atoms with Gasteiger partial charge in [0.1, 0.15) is 0 Å². The molecule has 0 spiro atoms. The number of piperidine rings is 1. The van der Waals surface area contributed by atoms with Gasteiger partial charge in [-0.3, -0.25) is 0 Å². The van der Waals surface area contributed by atoms with E-state index in [1.54, 1.807) is 0 Å². The van der Waals surface area contributed by atoms with Crippen LogP contribution >= 0.6 is 0 Å². The molecule has 3 rings (SSSR count). The SMILES string of the molecule is O=C(OF)C(F)(F)C12CCC(CC(OCc3ccccc3)C1)N2. The van der Waals surface area contributed by atoms with Gasteiger partial charge in [0.05, 0.1) is 18.2 Å². The Labute approximate surface area is 131 Å². The van der Waals surface area contributed by atoms with Gasteiger partial charge in [-0.05, 0) is 31.2 Å². The molecule has 2 bridgehead atoms. The van der Waals surface area contributed by atoms with Crippen molar-refractivity contribution in [1.29, 1.82) is 0 Å². The van der Waals surface area contributed by atoms with E-state index in [1.807, 2.05) is 30.3 Å². The van der Waals surface area contributed by atoms with Crippen LogP contribution in [0.15, 0.2) is 30.3 Å². The highest BCUT2D eigenvalue weighted by Gasteiger charge is 2.65. The van der Waals surface area contributed by atoms with E-state index in [1.165, 1.54) is 0 Å². The molecule has 2 heterocycles. The van der Waals surface area contributed by atoms with Crippen molar-refractivity contribution in [3.05, 3.63) is 35.9 Å². The van der Waals surface area contributed by atoms with Crippen LogP contribution in [0.25, 0.3) is 0 Å². The molecule has 2 aliphatic rings. The van der Waals surface area contributed by atoms with Crippen LogP contribution in [-0.2, 0) is 21.1 Å². The topological polar surface area (TPSA) is 47.6 Å². The molecule has 3 atom stereocenters. The van der Waals surface area contributed by atoms with Crippen molar-refractivity contribution in [2.24, 2.45) is 0 Å². The summed E-state index contributed by atoms with van der Waals surface area (Å²) in [5, 5.41) is 2.79. The van der Waals surface area contributed by atoms with Crippen LogP contribution in [0.3, 0.4) is 0 Å². The zero-order valence-electron chi connectivity index (χ0n) is 12.4. The van der Waals surface area contributed by atoms with Crippen molar-refractivity contribution in [3.63, 3.8) is 0 Å². The Bertz CT molecular complexity index is 569. The number of carbonyl (C=O) groups is 1. The molecule has 3 unspecified atom stereocenters. The number of carbonyl (C=O) groups excluding carboxylic acids is 1. The number of nitrogens with one attached hydrogen (secondary N) is 1. The molecule has 2 fully saturated rings. The molecule has 1 aromatic carbocycles. The smallest absolute Gasteiger partial charge is 0.373 e. The summed E-state index contributed by atoms with van der Waals surface area (Å²) in [5.74, 6) is -6.07. The second kappa shape index (κ2) is 6.13. The summed E-state index contributed by atoms with van der Waals surface area (Å²) in [6, 6.07) is 9.24. The maximum absolute atomic E-state index is 14.3. The zero-order chi connectivity index (χ0) is 16.5. The van der Waals surface area contributed by atoms with Crippen LogP contribution in [0.4, 0.5) is 13.3 Å². The van der Waals surface area contributed by atoms with Gasteiger partial charge in [0.15, 0.2) is 0 Å². The van der Waals surface area contributed by atoms with Crippen molar-refractivity contribution in [3.8, 4) is 0 Å². The molecule has 126 valence electrons. The lowest BCUT2D eigenvalue weighted by atomic mass is 9.82. The van der Waals surface area contributed by atoms with Crippen molar-refractivity contribution in [2.45, 2.75) is 55.9 Å². The van der Waals surface area contributed by atoms with E-state index < -0.39 is 23.5 Å². The summed E-state index contributed by atoms with van der Waals surface area (Å²) >= 11 is 0. The zero-order valence-corrected chi connectivity index (χ0v) is 12.4. The fraction of sp³-hybridized carbons (Fsp3) is 0.562. The van der Waals surface area contributed by atoms with Crippen LogP contribution in [0.1, 0.15) is 31.2 Å². The lowest BCUT2D eigenvalue weighted by Crippen LogP contribution is -2.64. The van der Waals surface area contributed by atoms with Gasteiger partial charge in [0.25, 0.3) is 0 Å². The number of hydrogen-bond donors (Lipinski definition) is 1. The van der Waals surface area contributed by atoms with Crippen LogP contribution in [0.2, 0.25) is 0 Å². The molecule has 0 aliphatic carbocycles. The molecule has 0 saturated carbocycles. The molecule has 2 aliphatic heterocycles. The largest absolute Gasteiger partial charge is 0.419 e. The molecule has 0 aromatic heterocycles. The third-order valence-electron chi connectivity index (χ3n) is 4.78. The molecular formula is C16H18F3NO3. The fourth-order valence-electron chi connectivity index (χ4n) is 3.62. The molecular weight excluding hydrogens is 311 g/mol. The third-order valence-corrected chi connectivity index (χ3v) is 4.78. The van der Waals surface area contributed by atoms with Crippen LogP contribution < -0.4 is 5.32 Å². The number of alkyl halides is 2. The van der Waals surface area contributed by atoms with Gasteiger partial charge in [-0.25, -0.2) is 9.74 Å². The first-order valence-electron chi connectivity index (χ1n) is 7.61. The minimum atomic E-state index is -3.93. The summed E-state index contributed by atoms with van der Waals surface area (Å²) in [5.41, 5.74) is -0.845. The second-order valence-electron chi connectivity index (χ2n) is 6.26. The van der Waals surface area contributed by atoms with Gasteiger partial charge < -0.3 is 10.1 Å². The number of ether oxygens (including phenoxy) is 1. The van der Waals surface area contributed by atoms with Crippen LogP contribution in [-0.4, -0.2) is 29.6 Å². The molecule has 7 heteroatoms. The van der Waals surface area contributed by atoms with Crippen molar-refractivity contribution < 1.29 is 27.8 Å². The van der Waals surface area contributed by atoms with E-state index in [4.69, 9.17) is 4.74 Å². The van der Waals surface area contributed by atoms with E-state index in [0.29, 0.717) is 19.4 Å². The number of fused-ring (bicyclic) bond motifs is 2. The van der Waals surface area contributed by atoms with Crippen molar-refractivity contribution in [1.82, 2.24) is 5.32 Å². The predicted octanol–water partition coefficient (Wildman–Crippen LogP) is 2.92. The summed E-state index contributed by atoms with van der Waals surface area (Å²) < 4.78 is 46.4. The average molecular weight is 329 g/mol. The fourth-order valence-corrected chi connectivity index (χ4v) is 3.62. The lowest BCUT2D eigenvalue weighted by Gasteiger charge is -2.41. The number of hydrogen-bond acceptors (Lipinski definition) is 4. The Morgan fingerprint density at radius 3 is 2.78 bits per heavy atom. The maximum Gasteiger partial charge on any atom is 0.419 e. The van der Waals surface area contributed by atoms with Gasteiger partial charge >= 0.3 is 11.9 Å². The minimum absolute atomic E-state index is 0.0571. The third kappa shape index (κ3) is 2.95. The van der Waals surface area contributed by atoms with Gasteiger partial charge in [0.2, 0.25) is 0 Å². The maximum atomic E-state index is 14.3.